The predicted octanol–water partition coefficient (Wildman–Crippen LogP) is 6.60. The van der Waals surface area contributed by atoms with Crippen molar-refractivity contribution in [2.45, 2.75) is 5.92 Å². The van der Waals surface area contributed by atoms with Gasteiger partial charge in [-0.05, 0) is 41.0 Å². The molecule has 0 aliphatic heterocycles. The lowest BCUT2D eigenvalue weighted by Crippen LogP contribution is -2.02. The van der Waals surface area contributed by atoms with E-state index < -0.39 is 0 Å². The number of hydrogen-bond acceptors (Lipinski definition) is 0. The molecular weight excluding hydrogens is 396 g/mol. The van der Waals surface area contributed by atoms with Crippen LogP contribution in [-0.4, -0.2) is 9.55 Å². The van der Waals surface area contributed by atoms with Gasteiger partial charge in [-0.3, -0.25) is 0 Å². The molecule has 132 valence electrons. The van der Waals surface area contributed by atoms with E-state index in [2.05, 4.69) is 118 Å². The molecule has 2 aromatic heterocycles. The average molecular weight is 415 g/mol. The Labute approximate surface area is 166 Å². The summed E-state index contributed by atoms with van der Waals surface area (Å²) in [5, 5.41) is 2.58. The summed E-state index contributed by atoms with van der Waals surface area (Å²) in [5.74, 6) is 0.167. The number of fused-ring (bicyclic) bond motifs is 2. The summed E-state index contributed by atoms with van der Waals surface area (Å²) in [6.07, 6.45) is 4.44. The highest BCUT2D eigenvalue weighted by molar-refractivity contribution is 9.10. The van der Waals surface area contributed by atoms with Gasteiger partial charge in [0.05, 0.1) is 0 Å². The van der Waals surface area contributed by atoms with Crippen LogP contribution >= 0.6 is 15.9 Å². The maximum absolute atomic E-state index is 3.57. The molecule has 0 radical (unpaired) electrons. The Morgan fingerprint density at radius 1 is 0.815 bits per heavy atom. The van der Waals surface area contributed by atoms with E-state index in [-0.39, 0.29) is 5.92 Å². The number of aromatic amines is 1. The molecular formula is C24H19BrN2. The van der Waals surface area contributed by atoms with Crippen molar-refractivity contribution in [3.05, 3.63) is 106 Å². The monoisotopic (exact) mass is 414 g/mol. The minimum Gasteiger partial charge on any atom is -0.361 e. The minimum absolute atomic E-state index is 0.167. The standard InChI is InChI=1S/C24H19BrN2/c1-27-15-21(19-7-3-5-9-23(19)27)24(16-10-12-17(25)13-11-16)20-14-26-22-8-4-2-6-18(20)22/h2-15,24,26H,1H3. The summed E-state index contributed by atoms with van der Waals surface area (Å²) in [6, 6.07) is 25.9. The molecule has 0 amide bonds. The van der Waals surface area contributed by atoms with Crippen LogP contribution in [0.25, 0.3) is 21.8 Å². The third kappa shape index (κ3) is 2.70. The highest BCUT2D eigenvalue weighted by atomic mass is 79.9. The lowest BCUT2D eigenvalue weighted by Gasteiger charge is -2.17. The van der Waals surface area contributed by atoms with Crippen LogP contribution in [0.3, 0.4) is 0 Å². The molecule has 27 heavy (non-hydrogen) atoms. The SMILES string of the molecule is Cn1cc(C(c2ccc(Br)cc2)c2c[nH]c3ccccc23)c2ccccc21. The normalized spacial score (nSPS) is 12.7. The highest BCUT2D eigenvalue weighted by Gasteiger charge is 2.23. The second-order valence-corrected chi connectivity index (χ2v) is 7.90. The van der Waals surface area contributed by atoms with Crippen LogP contribution in [0.2, 0.25) is 0 Å². The zero-order valence-electron chi connectivity index (χ0n) is 15.0. The third-order valence-corrected chi connectivity index (χ3v) is 5.90. The average Bonchev–Trinajstić information content (AvgIpc) is 3.26. The van der Waals surface area contributed by atoms with Crippen molar-refractivity contribution in [3.63, 3.8) is 0 Å². The first-order valence-corrected chi connectivity index (χ1v) is 9.87. The maximum atomic E-state index is 3.57. The van der Waals surface area contributed by atoms with E-state index >= 15 is 0 Å². The number of halogens is 1. The van der Waals surface area contributed by atoms with E-state index in [0.29, 0.717) is 0 Å². The molecule has 0 aliphatic rings. The van der Waals surface area contributed by atoms with Crippen LogP contribution in [-0.2, 0) is 7.05 Å². The van der Waals surface area contributed by atoms with Crippen LogP contribution < -0.4 is 0 Å². The molecule has 0 saturated heterocycles. The minimum atomic E-state index is 0.167. The molecule has 2 heterocycles. The van der Waals surface area contributed by atoms with E-state index in [9.17, 15) is 0 Å². The van der Waals surface area contributed by atoms with Gasteiger partial charge in [0.15, 0.2) is 0 Å². The molecule has 0 fully saturated rings. The number of nitrogens with zero attached hydrogens (tertiary/aromatic N) is 1. The molecule has 5 rings (SSSR count). The summed E-state index contributed by atoms with van der Waals surface area (Å²) in [6.45, 7) is 0. The third-order valence-electron chi connectivity index (χ3n) is 5.37. The smallest absolute Gasteiger partial charge is 0.0480 e. The summed E-state index contributed by atoms with van der Waals surface area (Å²) in [5.41, 5.74) is 6.37. The van der Waals surface area contributed by atoms with Gasteiger partial charge in [0.2, 0.25) is 0 Å². The Kier molecular flexibility index (Phi) is 3.91. The highest BCUT2D eigenvalue weighted by Crippen LogP contribution is 2.40. The first-order valence-electron chi connectivity index (χ1n) is 9.08. The quantitative estimate of drug-likeness (QED) is 0.343. The van der Waals surface area contributed by atoms with Gasteiger partial charge in [-0.2, -0.15) is 0 Å². The fourth-order valence-electron chi connectivity index (χ4n) is 4.12. The Hall–Kier alpha value is -2.78. The molecule has 2 nitrogen and oxygen atoms in total. The van der Waals surface area contributed by atoms with Crippen molar-refractivity contribution in [2.75, 3.05) is 0 Å². The number of H-pyrrole nitrogens is 1. The lowest BCUT2D eigenvalue weighted by atomic mass is 9.85. The van der Waals surface area contributed by atoms with Gasteiger partial charge >= 0.3 is 0 Å². The second kappa shape index (κ2) is 6.43. The number of para-hydroxylation sites is 2. The van der Waals surface area contributed by atoms with Crippen molar-refractivity contribution < 1.29 is 0 Å². The Balaban J connectivity index is 1.82. The zero-order chi connectivity index (χ0) is 18.4. The van der Waals surface area contributed by atoms with E-state index in [0.717, 1.165) is 4.47 Å². The number of aryl methyl sites for hydroxylation is 1. The van der Waals surface area contributed by atoms with Crippen LogP contribution in [0.5, 0.6) is 0 Å². The van der Waals surface area contributed by atoms with E-state index in [1.807, 2.05) is 0 Å². The maximum Gasteiger partial charge on any atom is 0.0480 e. The molecule has 5 aromatic rings. The van der Waals surface area contributed by atoms with Gasteiger partial charge in [0.1, 0.15) is 0 Å². The van der Waals surface area contributed by atoms with Crippen LogP contribution in [0.4, 0.5) is 0 Å². The van der Waals surface area contributed by atoms with Gasteiger partial charge in [-0.1, -0.05) is 64.5 Å². The number of benzene rings is 3. The van der Waals surface area contributed by atoms with Crippen LogP contribution in [0.1, 0.15) is 22.6 Å². The molecule has 1 atom stereocenters. The summed E-state index contributed by atoms with van der Waals surface area (Å²) in [7, 11) is 2.12. The molecule has 0 bridgehead atoms. The van der Waals surface area contributed by atoms with E-state index in [1.54, 1.807) is 0 Å². The van der Waals surface area contributed by atoms with Gasteiger partial charge in [-0.15, -0.1) is 0 Å². The summed E-state index contributed by atoms with van der Waals surface area (Å²) < 4.78 is 3.33. The van der Waals surface area contributed by atoms with Crippen LogP contribution in [0.15, 0.2) is 89.7 Å². The largest absolute Gasteiger partial charge is 0.361 e. The molecule has 3 aromatic carbocycles. The number of nitrogens with one attached hydrogen (secondary N) is 1. The molecule has 0 aliphatic carbocycles. The first kappa shape index (κ1) is 16.4. The number of aromatic nitrogens is 2. The molecule has 0 saturated carbocycles. The van der Waals surface area contributed by atoms with Crippen molar-refractivity contribution in [1.82, 2.24) is 9.55 Å². The summed E-state index contributed by atoms with van der Waals surface area (Å²) in [4.78, 5) is 3.46. The molecule has 1 N–H and O–H groups in total. The van der Waals surface area contributed by atoms with Crippen molar-refractivity contribution >= 4 is 37.7 Å². The van der Waals surface area contributed by atoms with Gasteiger partial charge in [0, 0.05) is 51.6 Å². The van der Waals surface area contributed by atoms with Crippen LogP contribution in [0, 0.1) is 0 Å². The molecule has 3 heteroatoms. The van der Waals surface area contributed by atoms with Gasteiger partial charge in [-0.25, -0.2) is 0 Å². The number of hydrogen-bond donors (Lipinski definition) is 1. The van der Waals surface area contributed by atoms with Crippen molar-refractivity contribution in [3.8, 4) is 0 Å². The summed E-state index contributed by atoms with van der Waals surface area (Å²) >= 11 is 3.57. The second-order valence-electron chi connectivity index (χ2n) is 6.99. The lowest BCUT2D eigenvalue weighted by molar-refractivity contribution is 0.931. The van der Waals surface area contributed by atoms with E-state index in [4.69, 9.17) is 0 Å². The topological polar surface area (TPSA) is 20.7 Å². The molecule has 1 unspecified atom stereocenters. The fourth-order valence-corrected chi connectivity index (χ4v) is 4.38. The Morgan fingerprint density at radius 2 is 1.52 bits per heavy atom. The number of rotatable bonds is 3. The fraction of sp³-hybridized carbons (Fsp3) is 0.0833. The Morgan fingerprint density at radius 3 is 2.33 bits per heavy atom. The van der Waals surface area contributed by atoms with Gasteiger partial charge < -0.3 is 9.55 Å². The first-order chi connectivity index (χ1) is 13.2. The predicted molar refractivity (Wildman–Crippen MR) is 116 cm³/mol. The van der Waals surface area contributed by atoms with E-state index in [1.165, 1.54) is 38.5 Å². The molecule has 0 spiro atoms. The van der Waals surface area contributed by atoms with Gasteiger partial charge in [0.25, 0.3) is 0 Å². The van der Waals surface area contributed by atoms with Crippen molar-refractivity contribution in [2.24, 2.45) is 7.05 Å². The zero-order valence-corrected chi connectivity index (χ0v) is 16.6. The Bertz CT molecular complexity index is 1240. The van der Waals surface area contributed by atoms with Crippen molar-refractivity contribution in [1.29, 1.82) is 0 Å².